The maximum atomic E-state index is 13.5. The van der Waals surface area contributed by atoms with E-state index in [9.17, 15) is 4.39 Å². The second-order valence-electron chi connectivity index (χ2n) is 5.29. The second kappa shape index (κ2) is 10.2. The first-order valence-corrected chi connectivity index (χ1v) is 7.65. The molecule has 2 N–H and O–H groups in total. The highest BCUT2D eigenvalue weighted by Gasteiger charge is 2.04. The molecule has 0 bridgehead atoms. The molecule has 0 radical (unpaired) electrons. The molecule has 0 amide bonds. The van der Waals surface area contributed by atoms with E-state index in [-0.39, 0.29) is 29.8 Å². The summed E-state index contributed by atoms with van der Waals surface area (Å²) >= 11 is 0. The Balaban J connectivity index is 0.00000288. The van der Waals surface area contributed by atoms with Gasteiger partial charge in [0.2, 0.25) is 0 Å². The highest BCUT2D eigenvalue weighted by atomic mass is 127. The Morgan fingerprint density at radius 3 is 2.75 bits per heavy atom. The lowest BCUT2D eigenvalue weighted by Gasteiger charge is -2.12. The fourth-order valence-electron chi connectivity index (χ4n) is 2.27. The van der Waals surface area contributed by atoms with Crippen LogP contribution in [0.2, 0.25) is 0 Å². The van der Waals surface area contributed by atoms with Gasteiger partial charge in [0.05, 0.1) is 17.9 Å². The molecule has 0 aromatic carbocycles. The van der Waals surface area contributed by atoms with Crippen LogP contribution in [-0.2, 0) is 13.1 Å². The topological polar surface area (TPSA) is 67.1 Å². The van der Waals surface area contributed by atoms with Crippen LogP contribution in [-0.4, -0.2) is 34.3 Å². The van der Waals surface area contributed by atoms with Crippen LogP contribution in [0.3, 0.4) is 0 Å². The molecule has 2 aromatic heterocycles. The van der Waals surface area contributed by atoms with Gasteiger partial charge in [0.25, 0.3) is 0 Å². The van der Waals surface area contributed by atoms with Crippen LogP contribution in [0, 0.1) is 19.7 Å². The van der Waals surface area contributed by atoms with Gasteiger partial charge in [0, 0.05) is 32.0 Å². The van der Waals surface area contributed by atoms with Gasteiger partial charge in [0.1, 0.15) is 5.82 Å². The number of halogens is 2. The molecule has 6 nitrogen and oxygen atoms in total. The highest BCUT2D eigenvalue weighted by molar-refractivity contribution is 14.0. The number of guanidine groups is 1. The maximum Gasteiger partial charge on any atom is 0.191 e. The number of nitrogens with one attached hydrogen (secondary N) is 2. The third kappa shape index (κ3) is 6.06. The Kier molecular flexibility index (Phi) is 8.66. The molecule has 2 heterocycles. The number of hydrogen-bond donors (Lipinski definition) is 2. The van der Waals surface area contributed by atoms with Gasteiger partial charge in [0.15, 0.2) is 5.96 Å². The van der Waals surface area contributed by atoms with Crippen LogP contribution in [0.25, 0.3) is 0 Å². The number of rotatable bonds is 6. The molecule has 0 aliphatic carbocycles. The second-order valence-corrected chi connectivity index (χ2v) is 5.29. The molecule has 0 fully saturated rings. The zero-order valence-corrected chi connectivity index (χ0v) is 16.5. The molecule has 0 aliphatic rings. The SMILES string of the molecule is CN=C(NCCCn1nc(C)cc1C)NCc1ncccc1F.I. The summed E-state index contributed by atoms with van der Waals surface area (Å²) in [7, 11) is 1.69. The Bertz CT molecular complexity index is 670. The number of nitrogens with zero attached hydrogens (tertiary/aromatic N) is 4. The fraction of sp³-hybridized carbons (Fsp3) is 0.438. The lowest BCUT2D eigenvalue weighted by Crippen LogP contribution is -2.38. The molecule has 0 aliphatic heterocycles. The van der Waals surface area contributed by atoms with Crippen molar-refractivity contribution in [2.75, 3.05) is 13.6 Å². The molecule has 0 saturated heterocycles. The van der Waals surface area contributed by atoms with Crippen molar-refractivity contribution < 1.29 is 4.39 Å². The van der Waals surface area contributed by atoms with Gasteiger partial charge < -0.3 is 10.6 Å². The van der Waals surface area contributed by atoms with E-state index in [1.54, 1.807) is 19.3 Å². The fourth-order valence-corrected chi connectivity index (χ4v) is 2.27. The summed E-state index contributed by atoms with van der Waals surface area (Å²) in [6, 6.07) is 5.04. The number of aromatic nitrogens is 3. The molecule has 0 spiro atoms. The summed E-state index contributed by atoms with van der Waals surface area (Å²) in [6.45, 7) is 5.94. The summed E-state index contributed by atoms with van der Waals surface area (Å²) in [5.41, 5.74) is 2.57. The first kappa shape index (κ1) is 20.3. The summed E-state index contributed by atoms with van der Waals surface area (Å²) in [5.74, 6) is 0.309. The largest absolute Gasteiger partial charge is 0.356 e. The van der Waals surface area contributed by atoms with E-state index >= 15 is 0 Å². The van der Waals surface area contributed by atoms with E-state index in [1.165, 1.54) is 6.07 Å². The van der Waals surface area contributed by atoms with Gasteiger partial charge in [-0.2, -0.15) is 5.10 Å². The molecule has 132 valence electrons. The van der Waals surface area contributed by atoms with Crippen molar-refractivity contribution in [3.63, 3.8) is 0 Å². The minimum absolute atomic E-state index is 0. The van der Waals surface area contributed by atoms with Crippen molar-refractivity contribution in [2.24, 2.45) is 4.99 Å². The molecule has 0 atom stereocenters. The van der Waals surface area contributed by atoms with E-state index in [0.29, 0.717) is 18.2 Å². The van der Waals surface area contributed by atoms with Gasteiger partial charge in [-0.3, -0.25) is 14.7 Å². The average Bonchev–Trinajstić information content (AvgIpc) is 2.86. The Hall–Kier alpha value is -1.71. The van der Waals surface area contributed by atoms with Crippen LogP contribution >= 0.6 is 24.0 Å². The van der Waals surface area contributed by atoms with Crippen molar-refractivity contribution in [1.82, 2.24) is 25.4 Å². The quantitative estimate of drug-likeness (QED) is 0.310. The maximum absolute atomic E-state index is 13.5. The number of pyridine rings is 1. The Morgan fingerprint density at radius 1 is 1.33 bits per heavy atom. The third-order valence-electron chi connectivity index (χ3n) is 3.42. The van der Waals surface area contributed by atoms with Gasteiger partial charge in [-0.1, -0.05) is 0 Å². The number of aryl methyl sites for hydroxylation is 3. The van der Waals surface area contributed by atoms with E-state index in [0.717, 1.165) is 30.9 Å². The first-order chi connectivity index (χ1) is 11.1. The molecule has 0 unspecified atom stereocenters. The van der Waals surface area contributed by atoms with Crippen LogP contribution in [0.4, 0.5) is 4.39 Å². The van der Waals surface area contributed by atoms with E-state index in [2.05, 4.69) is 38.7 Å². The molecule has 24 heavy (non-hydrogen) atoms. The van der Waals surface area contributed by atoms with E-state index in [1.807, 2.05) is 11.6 Å². The molecule has 8 heteroatoms. The Labute approximate surface area is 159 Å². The van der Waals surface area contributed by atoms with Gasteiger partial charge in [-0.05, 0) is 38.5 Å². The normalized spacial score (nSPS) is 11.1. The minimum atomic E-state index is -0.319. The lowest BCUT2D eigenvalue weighted by molar-refractivity contribution is 0.554. The smallest absolute Gasteiger partial charge is 0.191 e. The minimum Gasteiger partial charge on any atom is -0.356 e. The van der Waals surface area contributed by atoms with Gasteiger partial charge in [-0.25, -0.2) is 4.39 Å². The van der Waals surface area contributed by atoms with Crippen molar-refractivity contribution in [3.8, 4) is 0 Å². The molecule has 2 rings (SSSR count). The van der Waals surface area contributed by atoms with Crippen LogP contribution in [0.1, 0.15) is 23.5 Å². The zero-order chi connectivity index (χ0) is 16.7. The van der Waals surface area contributed by atoms with Crippen molar-refractivity contribution >= 4 is 29.9 Å². The van der Waals surface area contributed by atoms with E-state index in [4.69, 9.17) is 0 Å². The predicted molar refractivity (Wildman–Crippen MR) is 104 cm³/mol. The highest BCUT2D eigenvalue weighted by Crippen LogP contribution is 2.03. The summed E-state index contributed by atoms with van der Waals surface area (Å²) in [6.07, 6.45) is 2.49. The van der Waals surface area contributed by atoms with Gasteiger partial charge >= 0.3 is 0 Å². The molecular weight excluding hydrogens is 422 g/mol. The molecule has 0 saturated carbocycles. The van der Waals surface area contributed by atoms with E-state index < -0.39 is 0 Å². The van der Waals surface area contributed by atoms with Gasteiger partial charge in [-0.15, -0.1) is 24.0 Å². The third-order valence-corrected chi connectivity index (χ3v) is 3.42. The number of hydrogen-bond acceptors (Lipinski definition) is 3. The average molecular weight is 446 g/mol. The van der Waals surface area contributed by atoms with Crippen LogP contribution < -0.4 is 10.6 Å². The first-order valence-electron chi connectivity index (χ1n) is 7.65. The summed E-state index contributed by atoms with van der Waals surface area (Å²) in [4.78, 5) is 8.12. The zero-order valence-electron chi connectivity index (χ0n) is 14.2. The standard InChI is InChI=1S/C16H23FN6.HI/c1-12-10-13(2)23(22-12)9-5-8-20-16(18-3)21-11-15-14(17)6-4-7-19-15;/h4,6-7,10H,5,8-9,11H2,1-3H3,(H2,18,20,21);1H. The van der Waals surface area contributed by atoms with Crippen molar-refractivity contribution in [1.29, 1.82) is 0 Å². The monoisotopic (exact) mass is 446 g/mol. The van der Waals surface area contributed by atoms with Crippen molar-refractivity contribution in [2.45, 2.75) is 33.4 Å². The summed E-state index contributed by atoms with van der Waals surface area (Å²) in [5, 5.41) is 10.7. The molecular formula is C16H24FIN6. The van der Waals surface area contributed by atoms with Crippen molar-refractivity contribution in [3.05, 3.63) is 47.3 Å². The summed E-state index contributed by atoms with van der Waals surface area (Å²) < 4.78 is 15.5. The lowest BCUT2D eigenvalue weighted by atomic mass is 10.3. The number of aliphatic imine (C=N–C) groups is 1. The van der Waals surface area contributed by atoms with Crippen LogP contribution in [0.5, 0.6) is 0 Å². The van der Waals surface area contributed by atoms with Crippen LogP contribution in [0.15, 0.2) is 29.4 Å². The Morgan fingerprint density at radius 2 is 2.12 bits per heavy atom. The predicted octanol–water partition coefficient (Wildman–Crippen LogP) is 2.41. The molecule has 2 aromatic rings.